The van der Waals surface area contributed by atoms with Gasteiger partial charge in [0.2, 0.25) is 0 Å². The number of methoxy groups -OCH3 is 1. The van der Waals surface area contributed by atoms with Crippen LogP contribution in [0.1, 0.15) is 0 Å². The Morgan fingerprint density at radius 2 is 2.31 bits per heavy atom. The molecule has 0 fully saturated rings. The van der Waals surface area contributed by atoms with Gasteiger partial charge in [-0.1, -0.05) is 12.7 Å². The fourth-order valence-corrected chi connectivity index (χ4v) is 0.903. The SMILES string of the molecule is C=CCOc1ccc(O)c(OC)c1. The first-order valence-electron chi connectivity index (χ1n) is 3.88. The van der Waals surface area contributed by atoms with Gasteiger partial charge in [0, 0.05) is 6.07 Å². The Kier molecular flexibility index (Phi) is 3.20. The first-order chi connectivity index (χ1) is 6.27. The summed E-state index contributed by atoms with van der Waals surface area (Å²) in [5.41, 5.74) is 0. The third kappa shape index (κ3) is 2.40. The van der Waals surface area contributed by atoms with Crippen molar-refractivity contribution >= 4 is 0 Å². The quantitative estimate of drug-likeness (QED) is 0.720. The van der Waals surface area contributed by atoms with Crippen molar-refractivity contribution in [2.45, 2.75) is 0 Å². The minimum atomic E-state index is 0.105. The number of benzene rings is 1. The average Bonchev–Trinajstić information content (AvgIpc) is 2.16. The summed E-state index contributed by atoms with van der Waals surface area (Å²) in [6, 6.07) is 4.82. The number of aromatic hydroxyl groups is 1. The van der Waals surface area contributed by atoms with Crippen LogP contribution in [0.4, 0.5) is 0 Å². The fourth-order valence-electron chi connectivity index (χ4n) is 0.903. The molecule has 1 N–H and O–H groups in total. The van der Waals surface area contributed by atoms with Gasteiger partial charge in [0.15, 0.2) is 11.5 Å². The van der Waals surface area contributed by atoms with E-state index in [9.17, 15) is 5.11 Å². The summed E-state index contributed by atoms with van der Waals surface area (Å²) < 4.78 is 10.2. The third-order valence-corrected chi connectivity index (χ3v) is 1.52. The van der Waals surface area contributed by atoms with Crippen LogP contribution in [-0.4, -0.2) is 18.8 Å². The van der Waals surface area contributed by atoms with Gasteiger partial charge in [-0.25, -0.2) is 0 Å². The molecule has 0 bridgehead atoms. The predicted octanol–water partition coefficient (Wildman–Crippen LogP) is 1.97. The minimum absolute atomic E-state index is 0.105. The van der Waals surface area contributed by atoms with Crippen molar-refractivity contribution in [3.8, 4) is 17.2 Å². The Morgan fingerprint density at radius 1 is 1.54 bits per heavy atom. The van der Waals surface area contributed by atoms with Crippen molar-refractivity contribution in [2.75, 3.05) is 13.7 Å². The highest BCUT2D eigenvalue weighted by Gasteiger charge is 2.02. The van der Waals surface area contributed by atoms with E-state index in [1.165, 1.54) is 13.2 Å². The van der Waals surface area contributed by atoms with Gasteiger partial charge >= 0.3 is 0 Å². The van der Waals surface area contributed by atoms with Gasteiger partial charge in [-0.05, 0) is 12.1 Å². The Morgan fingerprint density at radius 3 is 2.92 bits per heavy atom. The Bertz CT molecular complexity index is 294. The minimum Gasteiger partial charge on any atom is -0.504 e. The van der Waals surface area contributed by atoms with Gasteiger partial charge in [-0.3, -0.25) is 0 Å². The van der Waals surface area contributed by atoms with Crippen molar-refractivity contribution in [3.05, 3.63) is 30.9 Å². The van der Waals surface area contributed by atoms with E-state index < -0.39 is 0 Å². The predicted molar refractivity (Wildman–Crippen MR) is 50.4 cm³/mol. The number of hydrogen-bond donors (Lipinski definition) is 1. The van der Waals surface area contributed by atoms with Crippen molar-refractivity contribution < 1.29 is 14.6 Å². The lowest BCUT2D eigenvalue weighted by atomic mass is 10.3. The van der Waals surface area contributed by atoms with Crippen molar-refractivity contribution in [1.29, 1.82) is 0 Å². The van der Waals surface area contributed by atoms with Crippen LogP contribution >= 0.6 is 0 Å². The molecule has 0 atom stereocenters. The van der Waals surface area contributed by atoms with E-state index in [-0.39, 0.29) is 5.75 Å². The van der Waals surface area contributed by atoms with Gasteiger partial charge in [-0.15, -0.1) is 0 Å². The highest BCUT2D eigenvalue weighted by atomic mass is 16.5. The van der Waals surface area contributed by atoms with Gasteiger partial charge in [0.1, 0.15) is 12.4 Å². The molecular formula is C10H12O3. The number of rotatable bonds is 4. The Balaban J connectivity index is 2.79. The average molecular weight is 180 g/mol. The highest BCUT2D eigenvalue weighted by molar-refractivity contribution is 5.44. The van der Waals surface area contributed by atoms with E-state index in [1.54, 1.807) is 18.2 Å². The zero-order valence-electron chi connectivity index (χ0n) is 7.49. The van der Waals surface area contributed by atoms with Crippen molar-refractivity contribution in [3.63, 3.8) is 0 Å². The molecule has 0 radical (unpaired) electrons. The first-order valence-corrected chi connectivity index (χ1v) is 3.88. The van der Waals surface area contributed by atoms with E-state index in [0.717, 1.165) is 0 Å². The summed E-state index contributed by atoms with van der Waals surface area (Å²) in [5, 5.41) is 9.26. The summed E-state index contributed by atoms with van der Waals surface area (Å²) in [7, 11) is 1.49. The number of hydrogen-bond acceptors (Lipinski definition) is 3. The second-order valence-electron chi connectivity index (χ2n) is 2.43. The van der Waals surface area contributed by atoms with E-state index in [4.69, 9.17) is 9.47 Å². The van der Waals surface area contributed by atoms with Crippen molar-refractivity contribution in [1.82, 2.24) is 0 Å². The topological polar surface area (TPSA) is 38.7 Å². The molecule has 13 heavy (non-hydrogen) atoms. The molecule has 70 valence electrons. The molecule has 0 aliphatic rings. The largest absolute Gasteiger partial charge is 0.504 e. The standard InChI is InChI=1S/C10H12O3/c1-3-6-13-8-4-5-9(11)10(7-8)12-2/h3-5,7,11H,1,6H2,2H3. The second kappa shape index (κ2) is 4.40. The molecule has 1 aromatic carbocycles. The van der Waals surface area contributed by atoms with E-state index in [2.05, 4.69) is 6.58 Å². The lowest BCUT2D eigenvalue weighted by Crippen LogP contribution is -1.93. The fraction of sp³-hybridized carbons (Fsp3) is 0.200. The zero-order valence-corrected chi connectivity index (χ0v) is 7.49. The molecule has 0 unspecified atom stereocenters. The molecule has 0 aromatic heterocycles. The second-order valence-corrected chi connectivity index (χ2v) is 2.43. The van der Waals surface area contributed by atoms with Gasteiger partial charge < -0.3 is 14.6 Å². The monoisotopic (exact) mass is 180 g/mol. The summed E-state index contributed by atoms with van der Waals surface area (Å²) >= 11 is 0. The molecule has 0 saturated heterocycles. The van der Waals surface area contributed by atoms with E-state index >= 15 is 0 Å². The van der Waals surface area contributed by atoms with Crippen LogP contribution in [0.15, 0.2) is 30.9 Å². The summed E-state index contributed by atoms with van der Waals surface area (Å²) in [4.78, 5) is 0. The molecule has 1 rings (SSSR count). The van der Waals surface area contributed by atoms with Gasteiger partial charge in [0.25, 0.3) is 0 Å². The smallest absolute Gasteiger partial charge is 0.164 e. The summed E-state index contributed by atoms with van der Waals surface area (Å²) in [6.07, 6.45) is 1.65. The Labute approximate surface area is 77.2 Å². The molecule has 0 amide bonds. The summed E-state index contributed by atoms with van der Waals surface area (Å²) in [5.74, 6) is 1.16. The zero-order chi connectivity index (χ0) is 9.68. The van der Waals surface area contributed by atoms with Crippen LogP contribution in [0.2, 0.25) is 0 Å². The van der Waals surface area contributed by atoms with Crippen molar-refractivity contribution in [2.24, 2.45) is 0 Å². The van der Waals surface area contributed by atoms with Crippen LogP contribution in [-0.2, 0) is 0 Å². The normalized spacial score (nSPS) is 9.31. The van der Waals surface area contributed by atoms with E-state index in [1.807, 2.05) is 0 Å². The maximum atomic E-state index is 9.26. The molecule has 0 aliphatic carbocycles. The van der Waals surface area contributed by atoms with Crippen LogP contribution in [0.5, 0.6) is 17.2 Å². The lowest BCUT2D eigenvalue weighted by molar-refractivity contribution is 0.347. The maximum absolute atomic E-state index is 9.26. The molecule has 3 nitrogen and oxygen atoms in total. The number of phenols is 1. The van der Waals surface area contributed by atoms with Crippen LogP contribution in [0.3, 0.4) is 0 Å². The highest BCUT2D eigenvalue weighted by Crippen LogP contribution is 2.29. The molecule has 1 aromatic rings. The first kappa shape index (κ1) is 9.45. The molecule has 3 heteroatoms. The van der Waals surface area contributed by atoms with Gasteiger partial charge in [-0.2, -0.15) is 0 Å². The summed E-state index contributed by atoms with van der Waals surface area (Å²) in [6.45, 7) is 3.97. The third-order valence-electron chi connectivity index (χ3n) is 1.52. The molecule has 0 spiro atoms. The number of ether oxygens (including phenoxy) is 2. The molecule has 0 saturated carbocycles. The molecule has 0 heterocycles. The molecule has 0 aliphatic heterocycles. The Hall–Kier alpha value is -1.64. The maximum Gasteiger partial charge on any atom is 0.164 e. The van der Waals surface area contributed by atoms with Crippen LogP contribution in [0, 0.1) is 0 Å². The van der Waals surface area contributed by atoms with Crippen LogP contribution < -0.4 is 9.47 Å². The lowest BCUT2D eigenvalue weighted by Gasteiger charge is -2.06. The van der Waals surface area contributed by atoms with E-state index in [0.29, 0.717) is 18.1 Å². The van der Waals surface area contributed by atoms with Crippen LogP contribution in [0.25, 0.3) is 0 Å². The van der Waals surface area contributed by atoms with Gasteiger partial charge in [0.05, 0.1) is 7.11 Å². The number of phenolic OH excluding ortho intramolecular Hbond substituents is 1. The molecular weight excluding hydrogens is 168 g/mol.